The first-order chi connectivity index (χ1) is 16.0. The Labute approximate surface area is 191 Å². The van der Waals surface area contributed by atoms with Crippen LogP contribution in [0.25, 0.3) is 11.4 Å². The summed E-state index contributed by atoms with van der Waals surface area (Å²) in [5.41, 5.74) is -3.49. The first-order valence-electron chi connectivity index (χ1n) is 10.8. The Morgan fingerprint density at radius 1 is 0.912 bits per heavy atom. The summed E-state index contributed by atoms with van der Waals surface area (Å²) in [6.45, 7) is 3.97. The lowest BCUT2D eigenvalue weighted by Gasteiger charge is -2.40. The van der Waals surface area contributed by atoms with E-state index < -0.39 is 35.0 Å². The van der Waals surface area contributed by atoms with E-state index in [0.29, 0.717) is 44.5 Å². The summed E-state index contributed by atoms with van der Waals surface area (Å²) in [6.07, 6.45) is -7.31. The molecule has 0 bridgehead atoms. The van der Waals surface area contributed by atoms with Gasteiger partial charge in [-0.15, -0.1) is 0 Å². The molecule has 6 nitrogen and oxygen atoms in total. The van der Waals surface area contributed by atoms with Gasteiger partial charge in [-0.05, 0) is 37.1 Å². The first kappa shape index (κ1) is 24.4. The van der Waals surface area contributed by atoms with Crippen LogP contribution >= 0.6 is 0 Å². The zero-order valence-electron chi connectivity index (χ0n) is 18.0. The molecule has 1 aromatic carbocycles. The molecule has 184 valence electrons. The van der Waals surface area contributed by atoms with Gasteiger partial charge in [0.2, 0.25) is 0 Å². The van der Waals surface area contributed by atoms with Crippen molar-refractivity contribution in [3.8, 4) is 11.4 Å². The normalized spacial score (nSPS) is 18.8. The van der Waals surface area contributed by atoms with Crippen LogP contribution < -0.4 is 0 Å². The SMILES string of the molecule is O=C(c1ccnc(-c2cc(C(F)(F)F)cc(C(F)(F)F)c2)n1)N1CCC(N2CCOCC2)CC1. The monoisotopic (exact) mass is 488 g/mol. The molecule has 0 saturated carbocycles. The number of morpholine rings is 1. The van der Waals surface area contributed by atoms with Gasteiger partial charge in [0.1, 0.15) is 5.69 Å². The van der Waals surface area contributed by atoms with Crippen LogP contribution in [0.3, 0.4) is 0 Å². The smallest absolute Gasteiger partial charge is 0.379 e. The topological polar surface area (TPSA) is 58.6 Å². The quantitative estimate of drug-likeness (QED) is 0.609. The second kappa shape index (κ2) is 9.49. The number of nitrogens with zero attached hydrogens (tertiary/aromatic N) is 4. The zero-order chi connectivity index (χ0) is 24.5. The summed E-state index contributed by atoms with van der Waals surface area (Å²) in [7, 11) is 0. The maximum Gasteiger partial charge on any atom is 0.416 e. The maximum atomic E-state index is 13.2. The minimum absolute atomic E-state index is 0.0388. The van der Waals surface area contributed by atoms with E-state index in [0.717, 1.165) is 32.1 Å². The van der Waals surface area contributed by atoms with Gasteiger partial charge in [0.15, 0.2) is 5.82 Å². The van der Waals surface area contributed by atoms with E-state index in [2.05, 4.69) is 14.9 Å². The molecule has 2 aliphatic heterocycles. The molecule has 1 aromatic heterocycles. The van der Waals surface area contributed by atoms with Crippen LogP contribution in [0, 0.1) is 0 Å². The third-order valence-electron chi connectivity index (χ3n) is 6.03. The third-order valence-corrected chi connectivity index (χ3v) is 6.03. The number of aromatic nitrogens is 2. The maximum absolute atomic E-state index is 13.2. The van der Waals surface area contributed by atoms with E-state index in [4.69, 9.17) is 4.74 Å². The fraction of sp³-hybridized carbons (Fsp3) is 0.500. The minimum Gasteiger partial charge on any atom is -0.379 e. The number of carbonyl (C=O) groups excluding carboxylic acids is 1. The van der Waals surface area contributed by atoms with Gasteiger partial charge >= 0.3 is 12.4 Å². The molecule has 0 aliphatic carbocycles. The highest BCUT2D eigenvalue weighted by atomic mass is 19.4. The number of amides is 1. The summed E-state index contributed by atoms with van der Waals surface area (Å²) in [6, 6.07) is 2.77. The minimum atomic E-state index is -4.99. The lowest BCUT2D eigenvalue weighted by atomic mass is 10.0. The van der Waals surface area contributed by atoms with Gasteiger partial charge in [-0.1, -0.05) is 0 Å². The Morgan fingerprint density at radius 2 is 1.50 bits per heavy atom. The van der Waals surface area contributed by atoms with Crippen molar-refractivity contribution in [1.29, 1.82) is 0 Å². The average molecular weight is 488 g/mol. The Hall–Kier alpha value is -2.73. The van der Waals surface area contributed by atoms with Crippen molar-refractivity contribution in [2.24, 2.45) is 0 Å². The van der Waals surface area contributed by atoms with Gasteiger partial charge in [-0.3, -0.25) is 9.69 Å². The summed E-state index contributed by atoms with van der Waals surface area (Å²) < 4.78 is 84.5. The number of hydrogen-bond donors (Lipinski definition) is 0. The van der Waals surface area contributed by atoms with Crippen molar-refractivity contribution in [2.45, 2.75) is 31.2 Å². The molecule has 0 unspecified atom stereocenters. The van der Waals surface area contributed by atoms with Crippen LogP contribution in [0.15, 0.2) is 30.5 Å². The number of alkyl halides is 6. The molecule has 2 fully saturated rings. The van der Waals surface area contributed by atoms with Gasteiger partial charge < -0.3 is 9.64 Å². The molecule has 1 amide bonds. The van der Waals surface area contributed by atoms with Crippen LogP contribution in [0.2, 0.25) is 0 Å². The molecule has 2 aliphatic rings. The average Bonchev–Trinajstić information content (AvgIpc) is 2.83. The van der Waals surface area contributed by atoms with Crippen molar-refractivity contribution < 1.29 is 35.9 Å². The fourth-order valence-electron chi connectivity index (χ4n) is 4.24. The molecule has 0 atom stereocenters. The summed E-state index contributed by atoms with van der Waals surface area (Å²) >= 11 is 0. The number of ether oxygens (including phenoxy) is 1. The van der Waals surface area contributed by atoms with Crippen molar-refractivity contribution in [1.82, 2.24) is 19.8 Å². The molecule has 0 N–H and O–H groups in total. The standard InChI is InChI=1S/C22H22F6N4O2/c23-21(24,25)15-11-14(12-16(13-15)22(26,27)28)19-29-4-1-18(30-19)20(33)32-5-2-17(3-6-32)31-7-9-34-10-8-31/h1,4,11-13,17H,2-3,5-10H2. The van der Waals surface area contributed by atoms with Crippen molar-refractivity contribution in [3.63, 3.8) is 0 Å². The van der Waals surface area contributed by atoms with Crippen molar-refractivity contribution in [3.05, 3.63) is 47.3 Å². The molecular weight excluding hydrogens is 466 g/mol. The zero-order valence-corrected chi connectivity index (χ0v) is 18.0. The van der Waals surface area contributed by atoms with E-state index in [-0.39, 0.29) is 17.6 Å². The number of halogens is 6. The molecule has 0 radical (unpaired) electrons. The van der Waals surface area contributed by atoms with Crippen molar-refractivity contribution in [2.75, 3.05) is 39.4 Å². The van der Waals surface area contributed by atoms with E-state index in [1.165, 1.54) is 6.07 Å². The van der Waals surface area contributed by atoms with Crippen LogP contribution in [0.4, 0.5) is 26.3 Å². The van der Waals surface area contributed by atoms with Gasteiger partial charge in [0, 0.05) is 44.0 Å². The second-order valence-electron chi connectivity index (χ2n) is 8.23. The van der Waals surface area contributed by atoms with E-state index in [9.17, 15) is 31.1 Å². The number of benzene rings is 1. The predicted octanol–water partition coefficient (Wildman–Crippen LogP) is 4.12. The molecule has 2 saturated heterocycles. The Balaban J connectivity index is 1.54. The molecule has 34 heavy (non-hydrogen) atoms. The Morgan fingerprint density at radius 3 is 2.06 bits per heavy atom. The van der Waals surface area contributed by atoms with E-state index >= 15 is 0 Å². The number of likely N-dealkylation sites (tertiary alicyclic amines) is 1. The lowest BCUT2D eigenvalue weighted by molar-refractivity contribution is -0.143. The van der Waals surface area contributed by atoms with Crippen LogP contribution in [0.5, 0.6) is 0 Å². The Bertz CT molecular complexity index is 997. The molecular formula is C22H22F6N4O2. The lowest BCUT2D eigenvalue weighted by Crippen LogP contribution is -2.50. The third kappa shape index (κ3) is 5.49. The number of rotatable bonds is 3. The predicted molar refractivity (Wildman–Crippen MR) is 109 cm³/mol. The van der Waals surface area contributed by atoms with Crippen LogP contribution in [0.1, 0.15) is 34.5 Å². The summed E-state index contributed by atoms with van der Waals surface area (Å²) in [5, 5.41) is 0. The largest absolute Gasteiger partial charge is 0.416 e. The fourth-order valence-corrected chi connectivity index (χ4v) is 4.24. The van der Waals surface area contributed by atoms with Crippen LogP contribution in [-0.2, 0) is 17.1 Å². The van der Waals surface area contributed by atoms with E-state index in [1.54, 1.807) is 4.90 Å². The van der Waals surface area contributed by atoms with Gasteiger partial charge in [-0.2, -0.15) is 26.3 Å². The number of hydrogen-bond acceptors (Lipinski definition) is 5. The van der Waals surface area contributed by atoms with E-state index in [1.807, 2.05) is 0 Å². The first-order valence-corrected chi connectivity index (χ1v) is 10.8. The highest BCUT2D eigenvalue weighted by molar-refractivity contribution is 5.92. The van der Waals surface area contributed by atoms with Gasteiger partial charge in [0.25, 0.3) is 5.91 Å². The number of piperidine rings is 1. The van der Waals surface area contributed by atoms with Crippen LogP contribution in [-0.4, -0.2) is 71.1 Å². The van der Waals surface area contributed by atoms with Gasteiger partial charge in [-0.25, -0.2) is 9.97 Å². The molecule has 3 heterocycles. The molecule has 4 rings (SSSR count). The second-order valence-corrected chi connectivity index (χ2v) is 8.23. The summed E-state index contributed by atoms with van der Waals surface area (Å²) in [4.78, 5) is 24.7. The van der Waals surface area contributed by atoms with Crippen molar-refractivity contribution >= 4 is 5.91 Å². The number of carbonyl (C=O) groups is 1. The summed E-state index contributed by atoms with van der Waals surface area (Å²) in [5.74, 6) is -0.822. The molecule has 0 spiro atoms. The molecule has 12 heteroatoms. The highest BCUT2D eigenvalue weighted by Crippen LogP contribution is 2.38. The molecule has 2 aromatic rings. The van der Waals surface area contributed by atoms with Gasteiger partial charge in [0.05, 0.1) is 24.3 Å². The highest BCUT2D eigenvalue weighted by Gasteiger charge is 2.37. The Kier molecular flexibility index (Phi) is 6.81.